The van der Waals surface area contributed by atoms with Crippen LogP contribution in [0.5, 0.6) is 0 Å². The van der Waals surface area contributed by atoms with Gasteiger partial charge in [-0.15, -0.1) is 0 Å². The molecule has 0 unspecified atom stereocenters. The van der Waals surface area contributed by atoms with Gasteiger partial charge in [0, 0.05) is 37.9 Å². The Morgan fingerprint density at radius 2 is 1.75 bits per heavy atom. The number of piperidine rings is 1. The molecular formula is C27H39N3O2. The average Bonchev–Trinajstić information content (AvgIpc) is 2.71. The van der Waals surface area contributed by atoms with Crippen molar-refractivity contribution in [2.24, 2.45) is 5.92 Å². The van der Waals surface area contributed by atoms with Gasteiger partial charge in [0.2, 0.25) is 0 Å². The maximum absolute atomic E-state index is 12.3. The quantitative estimate of drug-likeness (QED) is 0.597. The SMILES string of the molecule is Cc1cc(-c2cc(CN(C)CC3CCN(C(=O)OC(C)(C)C)CC3)ccn2)cc(C)c1C. The van der Waals surface area contributed by atoms with Gasteiger partial charge in [0.05, 0.1) is 5.69 Å². The molecule has 0 bridgehead atoms. The van der Waals surface area contributed by atoms with Gasteiger partial charge in [-0.1, -0.05) is 0 Å². The third-order valence-electron chi connectivity index (χ3n) is 6.34. The summed E-state index contributed by atoms with van der Waals surface area (Å²) in [5.74, 6) is 0.599. The van der Waals surface area contributed by atoms with E-state index in [1.54, 1.807) is 0 Å². The van der Waals surface area contributed by atoms with Crippen molar-refractivity contribution in [1.29, 1.82) is 0 Å². The topological polar surface area (TPSA) is 45.7 Å². The van der Waals surface area contributed by atoms with Crippen LogP contribution in [0.1, 0.15) is 55.9 Å². The number of likely N-dealkylation sites (tertiary alicyclic amines) is 1. The Labute approximate surface area is 193 Å². The van der Waals surface area contributed by atoms with E-state index in [1.807, 2.05) is 31.9 Å². The Balaban J connectivity index is 1.55. The molecule has 2 aromatic rings. The van der Waals surface area contributed by atoms with Crippen molar-refractivity contribution in [3.63, 3.8) is 0 Å². The van der Waals surface area contributed by atoms with Crippen LogP contribution in [0.2, 0.25) is 0 Å². The van der Waals surface area contributed by atoms with Crippen molar-refractivity contribution in [2.75, 3.05) is 26.7 Å². The molecule has 0 N–H and O–H groups in total. The molecule has 1 aliphatic rings. The number of hydrogen-bond acceptors (Lipinski definition) is 4. The van der Waals surface area contributed by atoms with Crippen LogP contribution in [0.3, 0.4) is 0 Å². The van der Waals surface area contributed by atoms with Gasteiger partial charge in [-0.2, -0.15) is 0 Å². The maximum Gasteiger partial charge on any atom is 0.410 e. The van der Waals surface area contributed by atoms with Crippen molar-refractivity contribution in [2.45, 2.75) is 66.5 Å². The molecule has 1 fully saturated rings. The molecule has 2 heterocycles. The fraction of sp³-hybridized carbons (Fsp3) is 0.556. The van der Waals surface area contributed by atoms with Gasteiger partial charge in [0.25, 0.3) is 0 Å². The Bertz CT molecular complexity index is 917. The number of carbonyl (C=O) groups is 1. The molecule has 0 spiro atoms. The van der Waals surface area contributed by atoms with E-state index in [0.29, 0.717) is 5.92 Å². The predicted octanol–water partition coefficient (Wildman–Crippen LogP) is 5.75. The zero-order valence-electron chi connectivity index (χ0n) is 20.9. The van der Waals surface area contributed by atoms with Crippen LogP contribution in [0, 0.1) is 26.7 Å². The number of pyridine rings is 1. The maximum atomic E-state index is 12.3. The van der Waals surface area contributed by atoms with Crippen LogP contribution in [0.25, 0.3) is 11.3 Å². The molecule has 5 heteroatoms. The van der Waals surface area contributed by atoms with E-state index in [9.17, 15) is 4.79 Å². The first-order valence-corrected chi connectivity index (χ1v) is 11.7. The van der Waals surface area contributed by atoms with Crippen LogP contribution in [-0.2, 0) is 11.3 Å². The van der Waals surface area contributed by atoms with E-state index in [-0.39, 0.29) is 6.09 Å². The number of rotatable bonds is 5. The number of nitrogens with zero attached hydrogens (tertiary/aromatic N) is 3. The molecule has 1 saturated heterocycles. The van der Waals surface area contributed by atoms with Crippen LogP contribution < -0.4 is 0 Å². The molecule has 1 amide bonds. The van der Waals surface area contributed by atoms with Crippen molar-refractivity contribution in [3.05, 3.63) is 52.7 Å². The highest BCUT2D eigenvalue weighted by molar-refractivity contribution is 5.68. The third-order valence-corrected chi connectivity index (χ3v) is 6.34. The first-order chi connectivity index (χ1) is 15.0. The molecule has 0 radical (unpaired) electrons. The molecule has 1 aromatic carbocycles. The summed E-state index contributed by atoms with van der Waals surface area (Å²) in [5, 5.41) is 0. The summed E-state index contributed by atoms with van der Waals surface area (Å²) in [7, 11) is 2.18. The Morgan fingerprint density at radius 1 is 1.12 bits per heavy atom. The number of aryl methyl sites for hydroxylation is 2. The van der Waals surface area contributed by atoms with Crippen LogP contribution in [0.15, 0.2) is 30.5 Å². The molecule has 174 valence electrons. The zero-order chi connectivity index (χ0) is 23.5. The number of ether oxygens (including phenoxy) is 1. The van der Waals surface area contributed by atoms with Crippen molar-refractivity contribution < 1.29 is 9.53 Å². The van der Waals surface area contributed by atoms with Crippen LogP contribution in [-0.4, -0.2) is 53.2 Å². The van der Waals surface area contributed by atoms with Crippen LogP contribution >= 0.6 is 0 Å². The summed E-state index contributed by atoms with van der Waals surface area (Å²) in [6.07, 6.45) is 3.78. The second kappa shape index (κ2) is 10.0. The van der Waals surface area contributed by atoms with E-state index in [2.05, 4.69) is 62.0 Å². The van der Waals surface area contributed by atoms with Gasteiger partial charge >= 0.3 is 6.09 Å². The summed E-state index contributed by atoms with van der Waals surface area (Å²) in [6, 6.07) is 8.79. The summed E-state index contributed by atoms with van der Waals surface area (Å²) in [5.41, 5.74) is 7.02. The summed E-state index contributed by atoms with van der Waals surface area (Å²) in [4.78, 5) is 21.1. The van der Waals surface area contributed by atoms with E-state index in [1.165, 1.54) is 27.8 Å². The fourth-order valence-electron chi connectivity index (χ4n) is 4.36. The minimum atomic E-state index is -0.437. The van der Waals surface area contributed by atoms with Gasteiger partial charge in [0.15, 0.2) is 0 Å². The Kier molecular flexibility index (Phi) is 7.60. The lowest BCUT2D eigenvalue weighted by Gasteiger charge is -2.34. The number of aromatic nitrogens is 1. The molecule has 1 aromatic heterocycles. The molecule has 5 nitrogen and oxygen atoms in total. The van der Waals surface area contributed by atoms with Gasteiger partial charge in [0.1, 0.15) is 5.60 Å². The highest BCUT2D eigenvalue weighted by Crippen LogP contribution is 2.25. The minimum Gasteiger partial charge on any atom is -0.444 e. The zero-order valence-corrected chi connectivity index (χ0v) is 20.9. The van der Waals surface area contributed by atoms with Gasteiger partial charge in [-0.05, 0) is 114 Å². The first-order valence-electron chi connectivity index (χ1n) is 11.7. The monoisotopic (exact) mass is 437 g/mol. The number of hydrogen-bond donors (Lipinski definition) is 0. The molecule has 0 saturated carbocycles. The molecule has 3 rings (SSSR count). The average molecular weight is 438 g/mol. The number of benzene rings is 1. The molecule has 1 aliphatic heterocycles. The smallest absolute Gasteiger partial charge is 0.410 e. The lowest BCUT2D eigenvalue weighted by Crippen LogP contribution is -2.43. The summed E-state index contributed by atoms with van der Waals surface area (Å²) in [6.45, 7) is 15.7. The largest absolute Gasteiger partial charge is 0.444 e. The number of amides is 1. The van der Waals surface area contributed by atoms with E-state index < -0.39 is 5.60 Å². The predicted molar refractivity (Wildman–Crippen MR) is 131 cm³/mol. The van der Waals surface area contributed by atoms with Gasteiger partial charge in [-0.3, -0.25) is 4.98 Å². The van der Waals surface area contributed by atoms with E-state index in [0.717, 1.165) is 44.7 Å². The van der Waals surface area contributed by atoms with Gasteiger partial charge in [-0.25, -0.2) is 4.79 Å². The van der Waals surface area contributed by atoms with Gasteiger partial charge < -0.3 is 14.5 Å². The highest BCUT2D eigenvalue weighted by Gasteiger charge is 2.27. The Morgan fingerprint density at radius 3 is 2.34 bits per heavy atom. The molecule has 32 heavy (non-hydrogen) atoms. The number of carbonyl (C=O) groups excluding carboxylic acids is 1. The van der Waals surface area contributed by atoms with Crippen LogP contribution in [0.4, 0.5) is 4.79 Å². The summed E-state index contributed by atoms with van der Waals surface area (Å²) < 4.78 is 5.51. The first kappa shape index (κ1) is 24.2. The fourth-order valence-corrected chi connectivity index (χ4v) is 4.36. The lowest BCUT2D eigenvalue weighted by molar-refractivity contribution is 0.0172. The highest BCUT2D eigenvalue weighted by atomic mass is 16.6. The lowest BCUT2D eigenvalue weighted by atomic mass is 9.96. The second-order valence-electron chi connectivity index (χ2n) is 10.4. The van der Waals surface area contributed by atoms with Crippen molar-refractivity contribution in [1.82, 2.24) is 14.8 Å². The van der Waals surface area contributed by atoms with Crippen molar-refractivity contribution >= 4 is 6.09 Å². The normalized spacial score (nSPS) is 15.3. The van der Waals surface area contributed by atoms with Crippen molar-refractivity contribution in [3.8, 4) is 11.3 Å². The standard InChI is InChI=1S/C27H39N3O2/c1-19-14-24(15-20(2)21(19)3)25-16-23(8-11-28-25)18-29(7)17-22-9-12-30(13-10-22)26(31)32-27(4,5)6/h8,11,14-16,22H,9-10,12-13,17-18H2,1-7H3. The third kappa shape index (κ3) is 6.55. The van der Waals surface area contributed by atoms with E-state index >= 15 is 0 Å². The molecular weight excluding hydrogens is 398 g/mol. The summed E-state index contributed by atoms with van der Waals surface area (Å²) >= 11 is 0. The van der Waals surface area contributed by atoms with E-state index in [4.69, 9.17) is 4.74 Å². The molecule has 0 atom stereocenters. The Hall–Kier alpha value is -2.40. The molecule has 0 aliphatic carbocycles. The second-order valence-corrected chi connectivity index (χ2v) is 10.4. The minimum absolute atomic E-state index is 0.185.